The number of aromatic nitrogens is 1. The standard InChI is InChI=1S/C5H2Cl2FNO2S/c6-3-1-2-4(8)9-5(3)12(7,10)11/h1-2H. The van der Waals surface area contributed by atoms with Crippen LogP contribution in [0.4, 0.5) is 4.39 Å². The van der Waals surface area contributed by atoms with Gasteiger partial charge in [0.05, 0.1) is 5.02 Å². The molecule has 0 bridgehead atoms. The van der Waals surface area contributed by atoms with Crippen LogP contribution in [0.3, 0.4) is 0 Å². The molecule has 7 heteroatoms. The molecule has 12 heavy (non-hydrogen) atoms. The second kappa shape index (κ2) is 3.16. The lowest BCUT2D eigenvalue weighted by Crippen LogP contribution is -1.97. The van der Waals surface area contributed by atoms with Gasteiger partial charge in [-0.15, -0.1) is 0 Å². The maximum Gasteiger partial charge on any atom is 0.280 e. The maximum atomic E-state index is 12.4. The number of hydrogen-bond donors (Lipinski definition) is 0. The molecule has 0 N–H and O–H groups in total. The highest BCUT2D eigenvalue weighted by Gasteiger charge is 2.17. The van der Waals surface area contributed by atoms with E-state index in [1.807, 2.05) is 0 Å². The van der Waals surface area contributed by atoms with E-state index in [1.165, 1.54) is 0 Å². The zero-order chi connectivity index (χ0) is 9.35. The van der Waals surface area contributed by atoms with E-state index in [2.05, 4.69) is 4.98 Å². The molecule has 1 rings (SSSR count). The Morgan fingerprint density at radius 1 is 1.42 bits per heavy atom. The predicted octanol–water partition coefficient (Wildman–Crippen LogP) is 1.80. The molecule has 66 valence electrons. The van der Waals surface area contributed by atoms with Crippen molar-refractivity contribution in [3.63, 3.8) is 0 Å². The third kappa shape index (κ3) is 2.06. The van der Waals surface area contributed by atoms with Gasteiger partial charge in [0.2, 0.25) is 5.95 Å². The lowest BCUT2D eigenvalue weighted by atomic mass is 10.5. The van der Waals surface area contributed by atoms with E-state index in [0.717, 1.165) is 12.1 Å². The minimum atomic E-state index is -4.07. The number of halogens is 3. The van der Waals surface area contributed by atoms with Crippen LogP contribution < -0.4 is 0 Å². The molecule has 0 fully saturated rings. The van der Waals surface area contributed by atoms with E-state index in [9.17, 15) is 12.8 Å². The topological polar surface area (TPSA) is 47.0 Å². The molecular weight excluding hydrogens is 228 g/mol. The first kappa shape index (κ1) is 9.70. The summed E-state index contributed by atoms with van der Waals surface area (Å²) < 4.78 is 33.7. The van der Waals surface area contributed by atoms with Gasteiger partial charge in [0.1, 0.15) is 0 Å². The molecule has 0 saturated carbocycles. The third-order valence-corrected chi connectivity index (χ3v) is 2.64. The van der Waals surface area contributed by atoms with Gasteiger partial charge in [0, 0.05) is 10.7 Å². The van der Waals surface area contributed by atoms with Crippen LogP contribution in [0.25, 0.3) is 0 Å². The summed E-state index contributed by atoms with van der Waals surface area (Å²) in [7, 11) is 0.828. The highest BCUT2D eigenvalue weighted by molar-refractivity contribution is 8.13. The molecule has 0 aliphatic heterocycles. The number of nitrogens with zero attached hydrogens (tertiary/aromatic N) is 1. The zero-order valence-corrected chi connectivity index (χ0v) is 7.79. The van der Waals surface area contributed by atoms with Crippen molar-refractivity contribution in [3.05, 3.63) is 23.1 Å². The molecule has 1 aromatic rings. The largest absolute Gasteiger partial charge is 0.280 e. The van der Waals surface area contributed by atoms with Crippen LogP contribution in [0.5, 0.6) is 0 Å². The smallest absolute Gasteiger partial charge is 0.205 e. The Balaban J connectivity index is 3.43. The Labute approximate surface area is 77.6 Å². The molecule has 0 aliphatic carbocycles. The van der Waals surface area contributed by atoms with Crippen molar-refractivity contribution in [2.75, 3.05) is 0 Å². The molecule has 0 spiro atoms. The summed E-state index contributed by atoms with van der Waals surface area (Å²) in [5.41, 5.74) is 0. The van der Waals surface area contributed by atoms with E-state index in [0.29, 0.717) is 0 Å². The van der Waals surface area contributed by atoms with Crippen molar-refractivity contribution in [2.24, 2.45) is 0 Å². The normalized spacial score (nSPS) is 11.6. The van der Waals surface area contributed by atoms with E-state index < -0.39 is 20.0 Å². The van der Waals surface area contributed by atoms with E-state index in [-0.39, 0.29) is 5.02 Å². The molecule has 0 aliphatic rings. The van der Waals surface area contributed by atoms with Crippen molar-refractivity contribution in [1.29, 1.82) is 0 Å². The molecule has 0 saturated heterocycles. The van der Waals surface area contributed by atoms with Crippen LogP contribution in [-0.2, 0) is 9.05 Å². The highest BCUT2D eigenvalue weighted by atomic mass is 35.7. The predicted molar refractivity (Wildman–Crippen MR) is 42.2 cm³/mol. The number of rotatable bonds is 1. The molecule has 0 atom stereocenters. The van der Waals surface area contributed by atoms with Crippen LogP contribution in [-0.4, -0.2) is 13.4 Å². The fourth-order valence-corrected chi connectivity index (χ4v) is 1.95. The number of pyridine rings is 1. The molecule has 0 radical (unpaired) electrons. The molecule has 0 aromatic carbocycles. The zero-order valence-electron chi connectivity index (χ0n) is 5.46. The van der Waals surface area contributed by atoms with Crippen LogP contribution in [0.15, 0.2) is 17.2 Å². The summed E-state index contributed by atoms with van der Waals surface area (Å²) in [6, 6.07) is 2.01. The van der Waals surface area contributed by atoms with Gasteiger partial charge in [-0.3, -0.25) is 0 Å². The van der Waals surface area contributed by atoms with Crippen molar-refractivity contribution < 1.29 is 12.8 Å². The third-order valence-electron chi connectivity index (χ3n) is 1.01. The fourth-order valence-electron chi connectivity index (χ4n) is 0.572. The average molecular weight is 230 g/mol. The Morgan fingerprint density at radius 2 is 2.00 bits per heavy atom. The van der Waals surface area contributed by atoms with Crippen molar-refractivity contribution in [1.82, 2.24) is 4.98 Å². The van der Waals surface area contributed by atoms with Gasteiger partial charge < -0.3 is 0 Å². The molecule has 0 amide bonds. The van der Waals surface area contributed by atoms with Gasteiger partial charge in [0.25, 0.3) is 9.05 Å². The number of hydrogen-bond acceptors (Lipinski definition) is 3. The Bertz CT molecular complexity index is 406. The summed E-state index contributed by atoms with van der Waals surface area (Å²) in [6.07, 6.45) is 0. The highest BCUT2D eigenvalue weighted by Crippen LogP contribution is 2.21. The van der Waals surface area contributed by atoms with E-state index >= 15 is 0 Å². The van der Waals surface area contributed by atoms with Gasteiger partial charge in [-0.05, 0) is 12.1 Å². The molecule has 0 unspecified atom stereocenters. The summed E-state index contributed by atoms with van der Waals surface area (Å²) in [5, 5.41) is -0.864. The van der Waals surface area contributed by atoms with Crippen LogP contribution >= 0.6 is 22.3 Å². The quantitative estimate of drug-likeness (QED) is 0.545. The van der Waals surface area contributed by atoms with Crippen molar-refractivity contribution in [2.45, 2.75) is 5.03 Å². The van der Waals surface area contributed by atoms with E-state index in [4.69, 9.17) is 22.3 Å². The summed E-state index contributed by atoms with van der Waals surface area (Å²) >= 11 is 5.39. The molecule has 3 nitrogen and oxygen atoms in total. The van der Waals surface area contributed by atoms with Crippen molar-refractivity contribution in [3.8, 4) is 0 Å². The van der Waals surface area contributed by atoms with Gasteiger partial charge in [-0.25, -0.2) is 13.4 Å². The molecular formula is C5H2Cl2FNO2S. The minimum absolute atomic E-state index is 0.202. The second-order valence-electron chi connectivity index (χ2n) is 1.86. The average Bonchev–Trinajstić information content (AvgIpc) is 1.92. The van der Waals surface area contributed by atoms with Crippen LogP contribution in [0, 0.1) is 5.95 Å². The first-order valence-electron chi connectivity index (χ1n) is 2.68. The van der Waals surface area contributed by atoms with Gasteiger partial charge in [0.15, 0.2) is 5.03 Å². The van der Waals surface area contributed by atoms with Gasteiger partial charge >= 0.3 is 0 Å². The lowest BCUT2D eigenvalue weighted by molar-refractivity contribution is 0.561. The maximum absolute atomic E-state index is 12.4. The Kier molecular flexibility index (Phi) is 2.55. The molecule has 1 heterocycles. The van der Waals surface area contributed by atoms with E-state index in [1.54, 1.807) is 0 Å². The fraction of sp³-hybridized carbons (Fsp3) is 0. The second-order valence-corrected chi connectivity index (χ2v) is 4.75. The summed E-state index contributed by atoms with van der Waals surface area (Å²) in [5.74, 6) is -0.946. The van der Waals surface area contributed by atoms with Gasteiger partial charge in [-0.1, -0.05) is 11.6 Å². The Morgan fingerprint density at radius 3 is 2.42 bits per heavy atom. The minimum Gasteiger partial charge on any atom is -0.205 e. The van der Waals surface area contributed by atoms with Crippen LogP contribution in [0.1, 0.15) is 0 Å². The first-order chi connectivity index (χ1) is 5.41. The van der Waals surface area contributed by atoms with Crippen molar-refractivity contribution >= 4 is 31.3 Å². The molecule has 1 aromatic heterocycles. The summed E-state index contributed by atoms with van der Waals surface area (Å²) in [6.45, 7) is 0. The van der Waals surface area contributed by atoms with Crippen LogP contribution in [0.2, 0.25) is 5.02 Å². The van der Waals surface area contributed by atoms with Gasteiger partial charge in [-0.2, -0.15) is 4.39 Å². The monoisotopic (exact) mass is 229 g/mol. The Hall–Kier alpha value is -0.390. The first-order valence-corrected chi connectivity index (χ1v) is 5.36. The SMILES string of the molecule is O=S(=O)(Cl)c1nc(F)ccc1Cl. The summed E-state index contributed by atoms with van der Waals surface area (Å²) in [4.78, 5) is 3.03. The lowest BCUT2D eigenvalue weighted by Gasteiger charge is -1.97.